The maximum atomic E-state index is 14.8. The van der Waals surface area contributed by atoms with E-state index in [2.05, 4.69) is 22.0 Å². The number of halogens is 1. The monoisotopic (exact) mass is 998 g/mol. The van der Waals surface area contributed by atoms with Crippen LogP contribution < -0.4 is 4.74 Å². The number of ether oxygens (including phenoxy) is 8. The highest BCUT2D eigenvalue weighted by Gasteiger charge is 2.60. The van der Waals surface area contributed by atoms with Crippen LogP contribution in [0.1, 0.15) is 108 Å². The molecule has 4 heterocycles. The Bertz CT molecular complexity index is 2210. The summed E-state index contributed by atoms with van der Waals surface area (Å²) in [7, 11) is 1.46. The van der Waals surface area contributed by atoms with Crippen LogP contribution in [0.4, 0.5) is 0 Å². The Morgan fingerprint density at radius 1 is 0.910 bits per heavy atom. The quantitative estimate of drug-likeness (QED) is 0.116. The predicted octanol–water partition coefficient (Wildman–Crippen LogP) is 7.07. The summed E-state index contributed by atoms with van der Waals surface area (Å²) in [4.78, 5) is 54.2. The second-order valence-corrected chi connectivity index (χ2v) is 20.4. The summed E-state index contributed by atoms with van der Waals surface area (Å²) in [5.41, 5.74) is -2.03. The van der Waals surface area contributed by atoms with Gasteiger partial charge < -0.3 is 58.3 Å². The van der Waals surface area contributed by atoms with E-state index in [0.29, 0.717) is 47.9 Å². The highest BCUT2D eigenvalue weighted by atomic mass is 79.9. The summed E-state index contributed by atoms with van der Waals surface area (Å²) < 4.78 is 49.2. The maximum absolute atomic E-state index is 14.8. The minimum atomic E-state index is -1.72. The molecule has 0 aromatic heterocycles. The van der Waals surface area contributed by atoms with Crippen molar-refractivity contribution in [2.75, 3.05) is 7.11 Å². The van der Waals surface area contributed by atoms with Gasteiger partial charge in [-0.1, -0.05) is 66.1 Å². The van der Waals surface area contributed by atoms with E-state index < -0.39 is 114 Å². The molecule has 366 valence electrons. The Labute approximate surface area is 398 Å². The minimum Gasteiger partial charge on any atom is -0.505 e. The number of carbonyl (C=O) groups excluding carboxylic acids is 3. The molecule has 4 N–H and O–H groups in total. The number of hydrogen-bond acceptors (Lipinski definition) is 15. The van der Waals surface area contributed by atoms with Crippen molar-refractivity contribution in [3.63, 3.8) is 0 Å². The van der Waals surface area contributed by atoms with Gasteiger partial charge in [0, 0.05) is 41.1 Å². The molecule has 16 atom stereocenters. The van der Waals surface area contributed by atoms with Crippen molar-refractivity contribution in [1.29, 1.82) is 0 Å². The molecular weight excluding hydrogens is 936 g/mol. The number of aliphatic carboxylic acids is 1. The molecule has 67 heavy (non-hydrogen) atoms. The molecule has 8 rings (SSSR count). The van der Waals surface area contributed by atoms with Gasteiger partial charge in [-0.05, 0) is 95.2 Å². The maximum Gasteiger partial charge on any atom is 0.379 e. The van der Waals surface area contributed by atoms with E-state index in [9.17, 15) is 39.6 Å². The first-order valence-corrected chi connectivity index (χ1v) is 24.4. The Morgan fingerprint density at radius 2 is 1.66 bits per heavy atom. The van der Waals surface area contributed by atoms with Gasteiger partial charge in [-0.2, -0.15) is 0 Å². The molecule has 1 aromatic carbocycles. The van der Waals surface area contributed by atoms with Crippen LogP contribution in [0, 0.1) is 41.9 Å². The van der Waals surface area contributed by atoms with Crippen molar-refractivity contribution < 1.29 is 77.5 Å². The summed E-state index contributed by atoms with van der Waals surface area (Å²) in [6.45, 7) is 8.61. The highest BCUT2D eigenvalue weighted by Crippen LogP contribution is 2.55. The lowest BCUT2D eigenvalue weighted by molar-refractivity contribution is -0.318. The van der Waals surface area contributed by atoms with Crippen LogP contribution >= 0.6 is 15.9 Å². The lowest BCUT2D eigenvalue weighted by Gasteiger charge is -2.51. The molecule has 1 saturated carbocycles. The number of aliphatic hydroxyl groups excluding tert-OH is 3. The molecule has 1 spiro atoms. The third-order valence-electron chi connectivity index (χ3n) is 15.6. The van der Waals surface area contributed by atoms with Gasteiger partial charge >= 0.3 is 23.9 Å². The van der Waals surface area contributed by atoms with Crippen molar-refractivity contribution in [1.82, 2.24) is 0 Å². The lowest BCUT2D eigenvalue weighted by Crippen LogP contribution is -2.56. The number of rotatable bonds is 8. The number of carboxylic acid groups (broad SMARTS) is 1. The number of benzene rings is 1. The van der Waals surface area contributed by atoms with Gasteiger partial charge in [0.15, 0.2) is 23.9 Å². The zero-order valence-corrected chi connectivity index (χ0v) is 40.3. The molecular formula is C50H63BrO16. The van der Waals surface area contributed by atoms with Gasteiger partial charge in [0.1, 0.15) is 29.6 Å². The molecule has 0 amide bonds. The van der Waals surface area contributed by atoms with Crippen LogP contribution in [0.15, 0.2) is 64.1 Å². The van der Waals surface area contributed by atoms with Crippen LogP contribution in [0.3, 0.4) is 0 Å². The van der Waals surface area contributed by atoms with Crippen molar-refractivity contribution in [3.05, 3.63) is 75.2 Å². The average molecular weight is 1000 g/mol. The number of aliphatic hydroxyl groups is 3. The molecule has 0 radical (unpaired) electrons. The zero-order chi connectivity index (χ0) is 48.1. The fraction of sp³-hybridized carbons (Fsp3) is 0.640. The number of carboxylic acids is 1. The molecule has 16 nitrogen and oxygen atoms in total. The summed E-state index contributed by atoms with van der Waals surface area (Å²) in [5.74, 6) is -6.61. The van der Waals surface area contributed by atoms with E-state index in [-0.39, 0.29) is 48.2 Å². The van der Waals surface area contributed by atoms with E-state index in [1.165, 1.54) is 7.11 Å². The first-order valence-electron chi connectivity index (χ1n) is 23.6. The average Bonchev–Trinajstić information content (AvgIpc) is 3.51. The number of esters is 3. The topological polar surface area (TPSA) is 223 Å². The fourth-order valence-electron chi connectivity index (χ4n) is 11.7. The van der Waals surface area contributed by atoms with Crippen LogP contribution in [-0.4, -0.2) is 112 Å². The molecule has 4 aliphatic heterocycles. The van der Waals surface area contributed by atoms with Crippen molar-refractivity contribution in [2.45, 2.75) is 160 Å². The van der Waals surface area contributed by atoms with Crippen molar-refractivity contribution >= 4 is 39.8 Å². The smallest absolute Gasteiger partial charge is 0.379 e. The molecule has 2 saturated heterocycles. The normalized spacial score (nSPS) is 40.0. The third kappa shape index (κ3) is 9.26. The first-order chi connectivity index (χ1) is 31.9. The molecule has 0 unspecified atom stereocenters. The van der Waals surface area contributed by atoms with Gasteiger partial charge in [0.25, 0.3) is 5.76 Å². The second kappa shape index (κ2) is 19.7. The highest BCUT2D eigenvalue weighted by molar-refractivity contribution is 9.10. The van der Waals surface area contributed by atoms with E-state index in [1.54, 1.807) is 45.9 Å². The number of allylic oxidation sites excluding steroid dienone is 4. The minimum absolute atomic E-state index is 0.00106. The van der Waals surface area contributed by atoms with E-state index in [1.807, 2.05) is 25.2 Å². The van der Waals surface area contributed by atoms with Gasteiger partial charge in [-0.3, -0.25) is 4.79 Å². The second-order valence-electron chi connectivity index (χ2n) is 19.5. The van der Waals surface area contributed by atoms with Gasteiger partial charge in [0.2, 0.25) is 0 Å². The summed E-state index contributed by atoms with van der Waals surface area (Å²) in [6.07, 6.45) is 7.14. The van der Waals surface area contributed by atoms with Crippen LogP contribution in [0.2, 0.25) is 0 Å². The molecule has 17 heteroatoms. The summed E-state index contributed by atoms with van der Waals surface area (Å²) in [6, 6.07) is 3.42. The summed E-state index contributed by atoms with van der Waals surface area (Å²) in [5, 5.41) is 44.4. The Hall–Kier alpha value is -4.10. The molecule has 3 aliphatic carbocycles. The number of carbonyl (C=O) groups is 4. The number of fused-ring (bicyclic) bond motifs is 4. The molecule has 3 bridgehead atoms. The SMILES string of the molecule is COc1ccc(Br)c(C)c1C(=O)O[C@@H]1C[C@H](O[C@H]2[C@H](O)C[C@H](O[C@H]3CCC[C@@H]4[C@@H]3C=C[C@H]3CCCCC=C[C@@H]5C=C(C(=O)O)[C@H](C)[C@@]6(C5)OC(=O)C(=C6O)OC(=O)[C@@]43C)O[C@@H]2C)O[C@H](C)[C@H]1O. The van der Waals surface area contributed by atoms with Crippen molar-refractivity contribution in [3.8, 4) is 5.75 Å². The largest absolute Gasteiger partial charge is 0.505 e. The first kappa shape index (κ1) is 49.3. The van der Waals surface area contributed by atoms with E-state index in [4.69, 9.17) is 37.9 Å². The molecule has 1 aromatic rings. The number of methoxy groups -OCH3 is 1. The number of hydrogen-bond donors (Lipinski definition) is 4. The predicted molar refractivity (Wildman–Crippen MR) is 241 cm³/mol. The third-order valence-corrected chi connectivity index (χ3v) is 16.4. The van der Waals surface area contributed by atoms with Crippen LogP contribution in [0.25, 0.3) is 0 Å². The Balaban J connectivity index is 0.955. The van der Waals surface area contributed by atoms with Gasteiger partial charge in [-0.15, -0.1) is 0 Å². The van der Waals surface area contributed by atoms with Gasteiger partial charge in [-0.25, -0.2) is 14.4 Å². The van der Waals surface area contributed by atoms with Crippen LogP contribution in [-0.2, 0) is 47.5 Å². The molecule has 3 fully saturated rings. The fourth-order valence-corrected chi connectivity index (χ4v) is 12.0. The van der Waals surface area contributed by atoms with Crippen LogP contribution in [0.5, 0.6) is 5.75 Å². The Kier molecular flexibility index (Phi) is 14.5. The zero-order valence-electron chi connectivity index (χ0n) is 38.8. The standard InChI is InChI=1S/C50H63BrO16/c1-24-33(51)18-19-36(60-6)40(24)46(57)64-37-22-39(61-26(3)41(37)53)65-42-27(4)62-38(21-34(42)52)63-35-15-11-14-32-30(35)17-16-29-13-10-8-7-9-12-28-20-31(45(55)56)25(2)50(23-28)44(54)43(47(58)67-50)66-48(59)49(29,32)5/h9,12,16-20,25-30,32,34-35,37-39,41-42,52-54H,7-8,10-11,13-15,21-23H2,1-6H3,(H,55,56)/t25-,26+,27+,28+,29+,30-,32+,34+,35-,37+,38-,39-,41+,42+,49+,50+/m0/s1. The molecule has 7 aliphatic rings. The lowest BCUT2D eigenvalue weighted by atomic mass is 9.55. The van der Waals surface area contributed by atoms with E-state index in [0.717, 1.165) is 12.8 Å². The van der Waals surface area contributed by atoms with Crippen molar-refractivity contribution in [2.24, 2.45) is 35.0 Å². The van der Waals surface area contributed by atoms with Gasteiger partial charge in [0.05, 0.1) is 36.9 Å². The van der Waals surface area contributed by atoms with E-state index >= 15 is 0 Å². The Morgan fingerprint density at radius 3 is 2.39 bits per heavy atom. The summed E-state index contributed by atoms with van der Waals surface area (Å²) >= 11 is 3.45.